The van der Waals surface area contributed by atoms with Crippen molar-refractivity contribution < 1.29 is 23.9 Å². The SMILES string of the molecule is COCCCCn1c(C(=O)N(CC(C)C)[C@H]2CC(C=O)CN(C(=O)OC(C)(C)C)C2)nc2ccccc21. The van der Waals surface area contributed by atoms with Gasteiger partial charge in [-0.1, -0.05) is 26.0 Å². The van der Waals surface area contributed by atoms with Crippen molar-refractivity contribution in [3.63, 3.8) is 0 Å². The van der Waals surface area contributed by atoms with Gasteiger partial charge < -0.3 is 28.6 Å². The molecule has 204 valence electrons. The molecule has 0 spiro atoms. The van der Waals surface area contributed by atoms with Crippen LogP contribution < -0.4 is 0 Å². The highest BCUT2D eigenvalue weighted by Crippen LogP contribution is 2.26. The maximum absolute atomic E-state index is 14.2. The molecule has 1 fully saturated rings. The third-order valence-corrected chi connectivity index (χ3v) is 6.39. The van der Waals surface area contributed by atoms with Crippen LogP contribution in [0, 0.1) is 11.8 Å². The Labute approximate surface area is 220 Å². The third-order valence-electron chi connectivity index (χ3n) is 6.39. The van der Waals surface area contributed by atoms with E-state index in [9.17, 15) is 14.4 Å². The first kappa shape index (κ1) is 28.6. The Kier molecular flexibility index (Phi) is 9.70. The van der Waals surface area contributed by atoms with Crippen LogP contribution in [0.4, 0.5) is 4.79 Å². The Morgan fingerprint density at radius 1 is 1.19 bits per heavy atom. The Hall–Kier alpha value is -2.94. The third kappa shape index (κ3) is 7.53. The number of likely N-dealkylation sites (tertiary alicyclic amines) is 1. The van der Waals surface area contributed by atoms with Gasteiger partial charge in [-0.25, -0.2) is 9.78 Å². The fraction of sp³-hybridized carbons (Fsp3) is 0.643. The summed E-state index contributed by atoms with van der Waals surface area (Å²) in [4.78, 5) is 47.1. The van der Waals surface area contributed by atoms with E-state index >= 15 is 0 Å². The summed E-state index contributed by atoms with van der Waals surface area (Å²) >= 11 is 0. The lowest BCUT2D eigenvalue weighted by Gasteiger charge is -2.42. The molecule has 2 heterocycles. The second-order valence-electron chi connectivity index (χ2n) is 11.3. The monoisotopic (exact) mass is 514 g/mol. The Bertz CT molecular complexity index is 1070. The minimum Gasteiger partial charge on any atom is -0.444 e. The molecule has 0 aliphatic carbocycles. The summed E-state index contributed by atoms with van der Waals surface area (Å²) in [5.41, 5.74) is 1.03. The molecule has 37 heavy (non-hydrogen) atoms. The van der Waals surface area contributed by atoms with E-state index in [1.165, 1.54) is 0 Å². The van der Waals surface area contributed by atoms with Crippen molar-refractivity contribution in [3.05, 3.63) is 30.1 Å². The Morgan fingerprint density at radius 2 is 1.92 bits per heavy atom. The number of unbranched alkanes of at least 4 members (excludes halogenated alkanes) is 1. The van der Waals surface area contributed by atoms with Crippen molar-refractivity contribution in [1.29, 1.82) is 0 Å². The number of methoxy groups -OCH3 is 1. The van der Waals surface area contributed by atoms with Crippen molar-refractivity contribution >= 4 is 29.3 Å². The standard InChI is InChI=1S/C28H42N4O5/c1-20(2)16-32(22-15-21(19-33)17-30(18-22)27(35)37-28(3,4)5)26(34)25-29-23-11-7-8-12-24(23)31(25)13-9-10-14-36-6/h7-8,11-12,19-22H,9-10,13-18H2,1-6H3/t21?,22-/m0/s1. The number of carbonyl (C=O) groups excluding carboxylic acids is 3. The molecule has 9 heteroatoms. The van der Waals surface area contributed by atoms with Crippen LogP contribution in [-0.2, 0) is 20.8 Å². The Balaban J connectivity index is 1.94. The van der Waals surface area contributed by atoms with E-state index in [1.807, 2.05) is 54.5 Å². The summed E-state index contributed by atoms with van der Waals surface area (Å²) < 4.78 is 12.8. The quantitative estimate of drug-likeness (QED) is 0.345. The maximum Gasteiger partial charge on any atom is 0.410 e. The molecule has 1 aliphatic heterocycles. The number of benzene rings is 1. The lowest BCUT2D eigenvalue weighted by Crippen LogP contribution is -2.56. The molecule has 9 nitrogen and oxygen atoms in total. The maximum atomic E-state index is 14.2. The van der Waals surface area contributed by atoms with Crippen LogP contribution in [0.25, 0.3) is 11.0 Å². The first-order chi connectivity index (χ1) is 17.5. The zero-order chi connectivity index (χ0) is 27.2. The van der Waals surface area contributed by atoms with Gasteiger partial charge in [-0.3, -0.25) is 4.79 Å². The molecular formula is C28H42N4O5. The van der Waals surface area contributed by atoms with Crippen molar-refractivity contribution in [1.82, 2.24) is 19.4 Å². The van der Waals surface area contributed by atoms with Crippen LogP contribution in [0.3, 0.4) is 0 Å². The zero-order valence-electron chi connectivity index (χ0n) is 23.1. The van der Waals surface area contributed by atoms with Gasteiger partial charge in [0.15, 0.2) is 5.82 Å². The van der Waals surface area contributed by atoms with E-state index in [0.29, 0.717) is 38.5 Å². The topological polar surface area (TPSA) is 94.0 Å². The average Bonchev–Trinajstić information content (AvgIpc) is 3.22. The number of hydrogen-bond donors (Lipinski definition) is 0. The smallest absolute Gasteiger partial charge is 0.410 e. The minimum atomic E-state index is -0.651. The number of aromatic nitrogens is 2. The molecular weight excluding hydrogens is 472 g/mol. The lowest BCUT2D eigenvalue weighted by atomic mass is 9.93. The second-order valence-corrected chi connectivity index (χ2v) is 11.3. The normalized spacial score (nSPS) is 18.3. The summed E-state index contributed by atoms with van der Waals surface area (Å²) in [5, 5.41) is 0. The van der Waals surface area contributed by atoms with Crippen LogP contribution in [-0.4, -0.2) is 82.6 Å². The number of nitrogens with zero attached hydrogens (tertiary/aromatic N) is 4. The molecule has 0 bridgehead atoms. The molecule has 1 aliphatic rings. The first-order valence-electron chi connectivity index (χ1n) is 13.2. The number of ether oxygens (including phenoxy) is 2. The predicted octanol–water partition coefficient (Wildman–Crippen LogP) is 4.39. The van der Waals surface area contributed by atoms with E-state index in [0.717, 1.165) is 30.2 Å². The van der Waals surface area contributed by atoms with Gasteiger partial charge >= 0.3 is 6.09 Å². The fourth-order valence-electron chi connectivity index (χ4n) is 4.81. The molecule has 1 aromatic carbocycles. The number of imidazole rings is 1. The summed E-state index contributed by atoms with van der Waals surface area (Å²) in [5.74, 6) is 0.0188. The number of para-hydroxylation sites is 2. The number of rotatable bonds is 10. The second kappa shape index (κ2) is 12.5. The molecule has 0 radical (unpaired) electrons. The van der Waals surface area contributed by atoms with Crippen LogP contribution in [0.15, 0.2) is 24.3 Å². The van der Waals surface area contributed by atoms with Crippen LogP contribution >= 0.6 is 0 Å². The summed E-state index contributed by atoms with van der Waals surface area (Å²) in [6.07, 6.45) is 2.64. The highest BCUT2D eigenvalue weighted by molar-refractivity contribution is 5.95. The molecule has 1 aromatic heterocycles. The summed E-state index contributed by atoms with van der Waals surface area (Å²) in [6.45, 7) is 11.9. The van der Waals surface area contributed by atoms with Gasteiger partial charge in [0, 0.05) is 45.8 Å². The molecule has 3 rings (SSSR count). The fourth-order valence-corrected chi connectivity index (χ4v) is 4.81. The number of aldehydes is 1. The molecule has 1 saturated heterocycles. The van der Waals surface area contributed by atoms with Gasteiger partial charge in [0.2, 0.25) is 0 Å². The van der Waals surface area contributed by atoms with Gasteiger partial charge in [-0.05, 0) is 58.1 Å². The molecule has 0 saturated carbocycles. The van der Waals surface area contributed by atoms with E-state index in [-0.39, 0.29) is 30.3 Å². The summed E-state index contributed by atoms with van der Waals surface area (Å²) in [7, 11) is 1.68. The van der Waals surface area contributed by atoms with E-state index in [4.69, 9.17) is 14.5 Å². The van der Waals surface area contributed by atoms with Gasteiger partial charge in [0.1, 0.15) is 11.9 Å². The van der Waals surface area contributed by atoms with E-state index in [2.05, 4.69) is 13.8 Å². The van der Waals surface area contributed by atoms with Crippen LogP contribution in [0.5, 0.6) is 0 Å². The highest BCUT2D eigenvalue weighted by atomic mass is 16.6. The van der Waals surface area contributed by atoms with Gasteiger partial charge in [0.25, 0.3) is 5.91 Å². The van der Waals surface area contributed by atoms with Gasteiger partial charge in [0.05, 0.1) is 17.1 Å². The predicted molar refractivity (Wildman–Crippen MR) is 142 cm³/mol. The van der Waals surface area contributed by atoms with E-state index in [1.54, 1.807) is 12.0 Å². The largest absolute Gasteiger partial charge is 0.444 e. The van der Waals surface area contributed by atoms with Crippen LogP contribution in [0.2, 0.25) is 0 Å². The number of hydrogen-bond acceptors (Lipinski definition) is 6. The van der Waals surface area contributed by atoms with Crippen LogP contribution in [0.1, 0.15) is 64.5 Å². The van der Waals surface area contributed by atoms with Gasteiger partial charge in [-0.2, -0.15) is 0 Å². The summed E-state index contributed by atoms with van der Waals surface area (Å²) in [6, 6.07) is 7.44. The van der Waals surface area contributed by atoms with Gasteiger partial charge in [-0.15, -0.1) is 0 Å². The molecule has 2 amide bonds. The highest BCUT2D eigenvalue weighted by Gasteiger charge is 2.38. The number of piperidine rings is 1. The molecule has 0 N–H and O–H groups in total. The molecule has 2 aromatic rings. The first-order valence-corrected chi connectivity index (χ1v) is 13.2. The number of aryl methyl sites for hydroxylation is 1. The van der Waals surface area contributed by atoms with Crippen molar-refractivity contribution in [2.75, 3.05) is 33.4 Å². The van der Waals surface area contributed by atoms with Crippen molar-refractivity contribution in [3.8, 4) is 0 Å². The number of carbonyl (C=O) groups is 3. The molecule has 1 unspecified atom stereocenters. The van der Waals surface area contributed by atoms with E-state index < -0.39 is 11.7 Å². The lowest BCUT2D eigenvalue weighted by molar-refractivity contribution is -0.113. The Morgan fingerprint density at radius 3 is 2.57 bits per heavy atom. The number of amides is 2. The molecule has 2 atom stereocenters. The average molecular weight is 515 g/mol. The minimum absolute atomic E-state index is 0.183. The zero-order valence-corrected chi connectivity index (χ0v) is 23.1. The number of fused-ring (bicyclic) bond motifs is 1. The van der Waals surface area contributed by atoms with Crippen molar-refractivity contribution in [2.24, 2.45) is 11.8 Å². The van der Waals surface area contributed by atoms with Crippen molar-refractivity contribution in [2.45, 2.75) is 72.1 Å².